The molecule has 0 radical (unpaired) electrons. The summed E-state index contributed by atoms with van der Waals surface area (Å²) in [5, 5.41) is 4.94. The van der Waals surface area contributed by atoms with Crippen LogP contribution in [0, 0.1) is 0 Å². The molecule has 222 valence electrons. The maximum atomic E-state index is 13.7. The highest BCUT2D eigenvalue weighted by Gasteiger charge is 2.32. The lowest BCUT2D eigenvalue weighted by molar-refractivity contribution is -0.116. The molecule has 1 amide bonds. The van der Waals surface area contributed by atoms with Gasteiger partial charge in [0.15, 0.2) is 0 Å². The maximum Gasteiger partial charge on any atom is 0.316 e. The SMILES string of the molecule is CC(=O)N1CCCc2cc(S(=O)(=O)N3CCN(c4cnn(-c5cccc(Cl)c5)c(=O)c4OC4CCCC4)CC3)ccc21. The Bertz CT molecular complexity index is 1660. The van der Waals surface area contributed by atoms with Gasteiger partial charge in [-0.2, -0.15) is 14.1 Å². The molecule has 0 spiro atoms. The topological polar surface area (TPSA) is 105 Å². The molecule has 0 atom stereocenters. The van der Waals surface area contributed by atoms with Gasteiger partial charge in [-0.25, -0.2) is 8.42 Å². The van der Waals surface area contributed by atoms with Crippen LogP contribution in [0.5, 0.6) is 5.75 Å². The zero-order chi connectivity index (χ0) is 29.4. The van der Waals surface area contributed by atoms with Crippen molar-refractivity contribution in [3.05, 3.63) is 69.6 Å². The second-order valence-electron chi connectivity index (χ2n) is 11.0. The van der Waals surface area contributed by atoms with Crippen LogP contribution in [0.4, 0.5) is 11.4 Å². The Morgan fingerprint density at radius 1 is 0.976 bits per heavy atom. The lowest BCUT2D eigenvalue weighted by atomic mass is 10.0. The Kier molecular flexibility index (Phi) is 7.99. The van der Waals surface area contributed by atoms with Crippen molar-refractivity contribution in [3.63, 3.8) is 0 Å². The Balaban J connectivity index is 1.24. The highest BCUT2D eigenvalue weighted by Crippen LogP contribution is 2.33. The number of ether oxygens (including phenoxy) is 1. The molecule has 2 aromatic carbocycles. The normalized spacial score (nSPS) is 18.2. The van der Waals surface area contributed by atoms with Crippen molar-refractivity contribution >= 4 is 38.9 Å². The van der Waals surface area contributed by atoms with Crippen LogP contribution in [0.1, 0.15) is 44.6 Å². The maximum absolute atomic E-state index is 13.7. The van der Waals surface area contributed by atoms with E-state index in [4.69, 9.17) is 16.3 Å². The lowest BCUT2D eigenvalue weighted by Crippen LogP contribution is -2.49. The van der Waals surface area contributed by atoms with E-state index in [1.54, 1.807) is 53.6 Å². The number of anilines is 2. The van der Waals surface area contributed by atoms with Crippen LogP contribution in [0.3, 0.4) is 0 Å². The van der Waals surface area contributed by atoms with E-state index >= 15 is 0 Å². The average molecular weight is 612 g/mol. The first-order valence-corrected chi connectivity index (χ1v) is 16.3. The van der Waals surface area contributed by atoms with E-state index < -0.39 is 10.0 Å². The molecule has 10 nitrogen and oxygen atoms in total. The van der Waals surface area contributed by atoms with Crippen molar-refractivity contribution in [1.29, 1.82) is 0 Å². The van der Waals surface area contributed by atoms with Gasteiger partial charge >= 0.3 is 5.56 Å². The molecule has 1 saturated carbocycles. The summed E-state index contributed by atoms with van der Waals surface area (Å²) < 4.78 is 36.4. The van der Waals surface area contributed by atoms with Gasteiger partial charge in [0.25, 0.3) is 0 Å². The standard InChI is InChI=1S/C30H34ClN5O5S/c1-21(37)35-13-5-6-22-18-26(11-12-27(22)35)42(39,40)34-16-14-33(15-17-34)28-20-32-36(24-8-4-7-23(31)19-24)30(38)29(28)41-25-9-2-3-10-25/h4,7-8,11-12,18-20,25H,2-3,5-6,9-10,13-17H2,1H3. The highest BCUT2D eigenvalue weighted by molar-refractivity contribution is 7.89. The molecule has 1 aromatic heterocycles. The number of nitrogens with zero attached hydrogens (tertiary/aromatic N) is 5. The number of carbonyl (C=O) groups excluding carboxylic acids is 1. The van der Waals surface area contributed by atoms with E-state index in [9.17, 15) is 18.0 Å². The number of fused-ring (bicyclic) bond motifs is 1. The molecule has 3 aromatic rings. The summed E-state index contributed by atoms with van der Waals surface area (Å²) in [5.41, 5.74) is 2.40. The molecule has 3 aliphatic rings. The van der Waals surface area contributed by atoms with Crippen molar-refractivity contribution in [2.75, 3.05) is 42.5 Å². The van der Waals surface area contributed by atoms with Crippen LogP contribution in [-0.2, 0) is 21.2 Å². The fourth-order valence-electron chi connectivity index (χ4n) is 6.11. The van der Waals surface area contributed by atoms with Crippen LogP contribution < -0.4 is 20.1 Å². The molecule has 0 bridgehead atoms. The fourth-order valence-corrected chi connectivity index (χ4v) is 7.77. The van der Waals surface area contributed by atoms with Crippen LogP contribution in [0.2, 0.25) is 5.02 Å². The molecule has 1 saturated heterocycles. The number of hydrogen-bond donors (Lipinski definition) is 0. The molecule has 0 unspecified atom stereocenters. The van der Waals surface area contributed by atoms with E-state index in [0.717, 1.165) is 49.8 Å². The summed E-state index contributed by atoms with van der Waals surface area (Å²) in [5.74, 6) is 0.187. The highest BCUT2D eigenvalue weighted by atomic mass is 35.5. The number of piperazine rings is 1. The fraction of sp³-hybridized carbons (Fsp3) is 0.433. The van der Waals surface area contributed by atoms with Gasteiger partial charge in [-0.3, -0.25) is 9.59 Å². The zero-order valence-corrected chi connectivity index (χ0v) is 25.1. The Morgan fingerprint density at radius 2 is 1.74 bits per heavy atom. The van der Waals surface area contributed by atoms with Crippen LogP contribution in [0.25, 0.3) is 5.69 Å². The average Bonchev–Trinajstić information content (AvgIpc) is 3.51. The Morgan fingerprint density at radius 3 is 2.45 bits per heavy atom. The molecule has 12 heteroatoms. The molecule has 6 rings (SSSR count). The molecule has 2 fully saturated rings. The van der Waals surface area contributed by atoms with Crippen molar-refractivity contribution in [1.82, 2.24) is 14.1 Å². The van der Waals surface area contributed by atoms with Crippen LogP contribution in [0.15, 0.2) is 58.4 Å². The number of benzene rings is 2. The monoisotopic (exact) mass is 611 g/mol. The molecular formula is C30H34ClN5O5S. The van der Waals surface area contributed by atoms with Gasteiger partial charge in [-0.1, -0.05) is 17.7 Å². The third kappa shape index (κ3) is 5.52. The molecule has 0 N–H and O–H groups in total. The second-order valence-corrected chi connectivity index (χ2v) is 13.4. The van der Waals surface area contributed by atoms with Gasteiger partial charge in [-0.15, -0.1) is 0 Å². The lowest BCUT2D eigenvalue weighted by Gasteiger charge is -2.36. The summed E-state index contributed by atoms with van der Waals surface area (Å²) in [7, 11) is -3.74. The summed E-state index contributed by atoms with van der Waals surface area (Å²) in [6.07, 6.45) is 6.99. The first-order valence-electron chi connectivity index (χ1n) is 14.4. The van der Waals surface area contributed by atoms with Gasteiger partial charge in [-0.05, 0) is 80.5 Å². The minimum atomic E-state index is -3.74. The van der Waals surface area contributed by atoms with Crippen molar-refractivity contribution < 1.29 is 17.9 Å². The summed E-state index contributed by atoms with van der Waals surface area (Å²) in [6, 6.07) is 12.0. The van der Waals surface area contributed by atoms with Crippen molar-refractivity contribution in [3.8, 4) is 11.4 Å². The number of rotatable bonds is 6. The predicted octanol–water partition coefficient (Wildman–Crippen LogP) is 4.02. The molecule has 42 heavy (non-hydrogen) atoms. The third-order valence-electron chi connectivity index (χ3n) is 8.32. The van der Waals surface area contributed by atoms with Crippen LogP contribution >= 0.6 is 11.6 Å². The largest absolute Gasteiger partial charge is 0.483 e. The van der Waals surface area contributed by atoms with E-state index in [1.165, 1.54) is 15.9 Å². The van der Waals surface area contributed by atoms with Crippen LogP contribution in [-0.4, -0.2) is 67.2 Å². The number of aryl methyl sites for hydroxylation is 1. The van der Waals surface area contributed by atoms with Gasteiger partial charge < -0.3 is 14.5 Å². The summed E-state index contributed by atoms with van der Waals surface area (Å²) >= 11 is 6.17. The summed E-state index contributed by atoms with van der Waals surface area (Å²) in [6.45, 7) is 3.43. The predicted molar refractivity (Wildman–Crippen MR) is 161 cm³/mol. The quantitative estimate of drug-likeness (QED) is 0.415. The minimum absolute atomic E-state index is 0.0451. The number of sulfonamides is 1. The Labute approximate surface area is 250 Å². The van der Waals surface area contributed by atoms with Gasteiger partial charge in [0, 0.05) is 50.4 Å². The smallest absolute Gasteiger partial charge is 0.316 e. The number of halogens is 1. The van der Waals surface area contributed by atoms with Gasteiger partial charge in [0.1, 0.15) is 5.69 Å². The summed E-state index contributed by atoms with van der Waals surface area (Å²) in [4.78, 5) is 29.6. The first kappa shape index (κ1) is 28.7. The number of hydrogen-bond acceptors (Lipinski definition) is 7. The van der Waals surface area contributed by atoms with Crippen molar-refractivity contribution in [2.24, 2.45) is 0 Å². The first-order chi connectivity index (χ1) is 20.2. The zero-order valence-electron chi connectivity index (χ0n) is 23.5. The molecule has 1 aliphatic carbocycles. The molecule has 2 aliphatic heterocycles. The van der Waals surface area contributed by atoms with E-state index in [0.29, 0.717) is 36.0 Å². The Hall–Kier alpha value is -3.41. The van der Waals surface area contributed by atoms with E-state index in [2.05, 4.69) is 5.10 Å². The number of aromatic nitrogens is 2. The molecule has 3 heterocycles. The van der Waals surface area contributed by atoms with Gasteiger partial charge in [0.2, 0.25) is 21.7 Å². The minimum Gasteiger partial charge on any atom is -0.483 e. The molecular weight excluding hydrogens is 578 g/mol. The second kappa shape index (κ2) is 11.7. The van der Waals surface area contributed by atoms with E-state index in [1.807, 2.05) is 4.90 Å². The van der Waals surface area contributed by atoms with Crippen molar-refractivity contribution in [2.45, 2.75) is 56.4 Å². The third-order valence-corrected chi connectivity index (χ3v) is 10.5. The number of amides is 1. The van der Waals surface area contributed by atoms with Gasteiger partial charge in [0.05, 0.1) is 22.9 Å². The number of carbonyl (C=O) groups is 1. The van der Waals surface area contributed by atoms with E-state index in [-0.39, 0.29) is 41.3 Å².